The normalized spacial score (nSPS) is 20.9. The molecule has 0 aliphatic carbocycles. The molecule has 1 heterocycles. The maximum absolute atomic E-state index is 11.7. The van der Waals surface area contributed by atoms with Gasteiger partial charge in [-0.15, -0.1) is 0 Å². The maximum atomic E-state index is 11.7. The Kier molecular flexibility index (Phi) is 5.40. The Morgan fingerprint density at radius 2 is 2.24 bits per heavy atom. The van der Waals surface area contributed by atoms with Gasteiger partial charge < -0.3 is 10.1 Å². The monoisotopic (exact) mass is 242 g/mol. The van der Waals surface area contributed by atoms with E-state index in [2.05, 4.69) is 17.1 Å². The van der Waals surface area contributed by atoms with Gasteiger partial charge in [-0.05, 0) is 39.8 Å². The summed E-state index contributed by atoms with van der Waals surface area (Å²) in [7, 11) is 1.46. The Bertz CT molecular complexity index is 248. The van der Waals surface area contributed by atoms with Gasteiger partial charge in [-0.25, -0.2) is 0 Å². The van der Waals surface area contributed by atoms with E-state index < -0.39 is 5.41 Å². The third-order valence-corrected chi connectivity index (χ3v) is 3.40. The molecule has 1 atom stereocenters. The van der Waals surface area contributed by atoms with Crippen LogP contribution in [-0.2, 0) is 9.53 Å². The van der Waals surface area contributed by atoms with Crippen LogP contribution >= 0.6 is 0 Å². The van der Waals surface area contributed by atoms with Gasteiger partial charge in [-0.2, -0.15) is 0 Å². The van der Waals surface area contributed by atoms with Crippen molar-refractivity contribution in [3.63, 3.8) is 0 Å². The van der Waals surface area contributed by atoms with Crippen molar-refractivity contribution >= 4 is 5.97 Å². The lowest BCUT2D eigenvalue weighted by molar-refractivity contribution is -0.152. The van der Waals surface area contributed by atoms with E-state index in [9.17, 15) is 4.79 Å². The van der Waals surface area contributed by atoms with E-state index in [1.165, 1.54) is 13.5 Å². The fraction of sp³-hybridized carbons (Fsp3) is 0.923. The van der Waals surface area contributed by atoms with Crippen molar-refractivity contribution in [3.05, 3.63) is 0 Å². The van der Waals surface area contributed by atoms with Gasteiger partial charge in [0.25, 0.3) is 0 Å². The number of rotatable bonds is 6. The fourth-order valence-corrected chi connectivity index (χ4v) is 2.48. The molecule has 1 rings (SSSR count). The highest BCUT2D eigenvalue weighted by Gasteiger charge is 2.33. The maximum Gasteiger partial charge on any atom is 0.312 e. The molecule has 4 heteroatoms. The summed E-state index contributed by atoms with van der Waals surface area (Å²) in [6, 6.07) is 0.568. The molecule has 0 bridgehead atoms. The number of hydrogen-bond acceptors (Lipinski definition) is 4. The standard InChI is InChI=1S/C13H26N2O2/c1-5-8-15(11-6-7-14-9-11)10-13(2,3)12(16)17-4/h11,14H,5-10H2,1-4H3. The van der Waals surface area contributed by atoms with Crippen molar-refractivity contribution in [1.82, 2.24) is 10.2 Å². The third-order valence-electron chi connectivity index (χ3n) is 3.40. The van der Waals surface area contributed by atoms with E-state index >= 15 is 0 Å². The highest BCUT2D eigenvalue weighted by atomic mass is 16.5. The minimum atomic E-state index is -0.424. The van der Waals surface area contributed by atoms with Crippen LogP contribution in [-0.4, -0.2) is 50.2 Å². The van der Waals surface area contributed by atoms with E-state index in [1.54, 1.807) is 0 Å². The molecule has 0 radical (unpaired) electrons. The third kappa shape index (κ3) is 3.96. The van der Waals surface area contributed by atoms with E-state index in [4.69, 9.17) is 4.74 Å². The van der Waals surface area contributed by atoms with Crippen LogP contribution in [0.5, 0.6) is 0 Å². The van der Waals surface area contributed by atoms with Crippen molar-refractivity contribution in [2.75, 3.05) is 33.3 Å². The summed E-state index contributed by atoms with van der Waals surface area (Å²) in [6.07, 6.45) is 2.30. The van der Waals surface area contributed by atoms with Gasteiger partial charge in [-0.1, -0.05) is 6.92 Å². The first-order chi connectivity index (χ1) is 8.01. The molecule has 100 valence electrons. The Morgan fingerprint density at radius 3 is 2.71 bits per heavy atom. The topological polar surface area (TPSA) is 41.6 Å². The van der Waals surface area contributed by atoms with Gasteiger partial charge in [0, 0.05) is 19.1 Å². The van der Waals surface area contributed by atoms with Gasteiger partial charge >= 0.3 is 5.97 Å². The smallest absolute Gasteiger partial charge is 0.312 e. The van der Waals surface area contributed by atoms with E-state index in [0.717, 1.165) is 32.6 Å². The molecule has 1 N–H and O–H groups in total. The molecule has 1 aliphatic heterocycles. The molecule has 1 fully saturated rings. The largest absolute Gasteiger partial charge is 0.469 e. The van der Waals surface area contributed by atoms with Crippen molar-refractivity contribution in [3.8, 4) is 0 Å². The van der Waals surface area contributed by atoms with E-state index in [-0.39, 0.29) is 5.97 Å². The second-order valence-corrected chi connectivity index (χ2v) is 5.49. The molecule has 0 spiro atoms. The van der Waals surface area contributed by atoms with Crippen molar-refractivity contribution < 1.29 is 9.53 Å². The Balaban J connectivity index is 2.61. The van der Waals surface area contributed by atoms with Crippen molar-refractivity contribution in [2.24, 2.45) is 5.41 Å². The number of ether oxygens (including phenoxy) is 1. The molecule has 17 heavy (non-hydrogen) atoms. The molecule has 0 amide bonds. The molecular weight excluding hydrogens is 216 g/mol. The Morgan fingerprint density at radius 1 is 1.53 bits per heavy atom. The molecule has 0 aromatic rings. The summed E-state index contributed by atoms with van der Waals surface area (Å²) in [5, 5.41) is 3.38. The summed E-state index contributed by atoms with van der Waals surface area (Å²) < 4.78 is 4.88. The molecule has 4 nitrogen and oxygen atoms in total. The lowest BCUT2D eigenvalue weighted by atomic mass is 9.92. The number of carbonyl (C=O) groups is 1. The molecule has 0 aromatic heterocycles. The fourth-order valence-electron chi connectivity index (χ4n) is 2.48. The van der Waals surface area contributed by atoms with Crippen LogP contribution in [0, 0.1) is 5.41 Å². The zero-order valence-electron chi connectivity index (χ0n) is 11.6. The summed E-state index contributed by atoms with van der Waals surface area (Å²) in [5.74, 6) is -0.121. The van der Waals surface area contributed by atoms with Crippen LogP contribution < -0.4 is 5.32 Å². The van der Waals surface area contributed by atoms with Gasteiger partial charge in [0.2, 0.25) is 0 Å². The number of methoxy groups -OCH3 is 1. The predicted molar refractivity (Wildman–Crippen MR) is 68.9 cm³/mol. The minimum Gasteiger partial charge on any atom is -0.469 e. The summed E-state index contributed by atoms with van der Waals surface area (Å²) in [6.45, 7) is 10.1. The lowest BCUT2D eigenvalue weighted by Crippen LogP contribution is -2.46. The zero-order chi connectivity index (χ0) is 12.9. The summed E-state index contributed by atoms with van der Waals surface area (Å²) in [5.41, 5.74) is -0.424. The number of nitrogens with zero attached hydrogens (tertiary/aromatic N) is 1. The van der Waals surface area contributed by atoms with Gasteiger partial charge in [0.15, 0.2) is 0 Å². The molecular formula is C13H26N2O2. The Labute approximate surface area is 105 Å². The first-order valence-corrected chi connectivity index (χ1v) is 6.54. The number of nitrogens with one attached hydrogen (secondary N) is 1. The first-order valence-electron chi connectivity index (χ1n) is 6.54. The van der Waals surface area contributed by atoms with Crippen LogP contribution in [0.15, 0.2) is 0 Å². The van der Waals surface area contributed by atoms with Crippen molar-refractivity contribution in [1.29, 1.82) is 0 Å². The lowest BCUT2D eigenvalue weighted by Gasteiger charge is -2.34. The summed E-state index contributed by atoms with van der Waals surface area (Å²) >= 11 is 0. The van der Waals surface area contributed by atoms with Gasteiger partial charge in [0.05, 0.1) is 12.5 Å². The highest BCUT2D eigenvalue weighted by molar-refractivity contribution is 5.76. The molecule has 1 aliphatic rings. The van der Waals surface area contributed by atoms with E-state index in [0.29, 0.717) is 6.04 Å². The number of esters is 1. The van der Waals surface area contributed by atoms with Crippen LogP contribution in [0.4, 0.5) is 0 Å². The highest BCUT2D eigenvalue weighted by Crippen LogP contribution is 2.22. The van der Waals surface area contributed by atoms with Crippen LogP contribution in [0.1, 0.15) is 33.6 Å². The Hall–Kier alpha value is -0.610. The molecule has 0 saturated carbocycles. The van der Waals surface area contributed by atoms with Crippen LogP contribution in [0.3, 0.4) is 0 Å². The molecule has 1 saturated heterocycles. The summed E-state index contributed by atoms with van der Waals surface area (Å²) in [4.78, 5) is 14.2. The quantitative estimate of drug-likeness (QED) is 0.712. The first kappa shape index (κ1) is 14.5. The van der Waals surface area contributed by atoms with Crippen molar-refractivity contribution in [2.45, 2.75) is 39.7 Å². The molecule has 1 unspecified atom stereocenters. The second kappa shape index (κ2) is 6.36. The zero-order valence-corrected chi connectivity index (χ0v) is 11.6. The van der Waals surface area contributed by atoms with Gasteiger partial charge in [0.1, 0.15) is 0 Å². The average Bonchev–Trinajstić information content (AvgIpc) is 2.80. The number of hydrogen-bond donors (Lipinski definition) is 1. The number of carbonyl (C=O) groups excluding carboxylic acids is 1. The van der Waals surface area contributed by atoms with E-state index in [1.807, 2.05) is 13.8 Å². The van der Waals surface area contributed by atoms with Crippen LogP contribution in [0.2, 0.25) is 0 Å². The minimum absolute atomic E-state index is 0.121. The molecule has 0 aromatic carbocycles. The average molecular weight is 242 g/mol. The van der Waals surface area contributed by atoms with Gasteiger partial charge in [-0.3, -0.25) is 9.69 Å². The van der Waals surface area contributed by atoms with Crippen LogP contribution in [0.25, 0.3) is 0 Å². The predicted octanol–water partition coefficient (Wildman–Crippen LogP) is 1.26. The second-order valence-electron chi connectivity index (χ2n) is 5.49. The SMILES string of the molecule is CCCN(CC(C)(C)C(=O)OC)C1CCNC1.